The number of furan rings is 1. The normalized spacial score (nSPS) is 12.2. The van der Waals surface area contributed by atoms with Crippen molar-refractivity contribution in [1.29, 1.82) is 0 Å². The third-order valence-electron chi connectivity index (χ3n) is 3.22. The number of aromatic carboxylic acids is 1. The quantitative estimate of drug-likeness (QED) is 0.744. The van der Waals surface area contributed by atoms with Crippen molar-refractivity contribution in [1.82, 2.24) is 0 Å². The van der Waals surface area contributed by atoms with E-state index >= 15 is 0 Å². The molecule has 0 spiro atoms. The van der Waals surface area contributed by atoms with E-state index in [1.807, 2.05) is 26.8 Å². The van der Waals surface area contributed by atoms with E-state index < -0.39 is 5.97 Å². The van der Waals surface area contributed by atoms with Gasteiger partial charge in [-0.25, -0.2) is 4.79 Å². The lowest BCUT2D eigenvalue weighted by atomic mass is 10.1. The van der Waals surface area contributed by atoms with Crippen LogP contribution in [0.15, 0.2) is 28.7 Å². The molecule has 106 valence electrons. The maximum atomic E-state index is 10.9. The first kappa shape index (κ1) is 14.0. The summed E-state index contributed by atoms with van der Waals surface area (Å²) in [7, 11) is 0. The average molecular weight is 274 g/mol. The minimum absolute atomic E-state index is 0.0189. The van der Waals surface area contributed by atoms with Crippen LogP contribution in [0.5, 0.6) is 0 Å². The number of anilines is 2. The lowest BCUT2D eigenvalue weighted by molar-refractivity contribution is 0.0697. The molecular formula is C15H18N2O3. The van der Waals surface area contributed by atoms with Gasteiger partial charge in [0.25, 0.3) is 0 Å². The van der Waals surface area contributed by atoms with Crippen molar-refractivity contribution in [3.63, 3.8) is 0 Å². The second kappa shape index (κ2) is 5.28. The highest BCUT2D eigenvalue weighted by Gasteiger charge is 2.14. The number of carboxylic acid groups (broad SMARTS) is 1. The summed E-state index contributed by atoms with van der Waals surface area (Å²) in [6.45, 7) is 5.82. The van der Waals surface area contributed by atoms with Gasteiger partial charge in [0.2, 0.25) is 0 Å². The third-order valence-corrected chi connectivity index (χ3v) is 3.22. The molecule has 0 amide bonds. The van der Waals surface area contributed by atoms with Crippen LogP contribution in [0, 0.1) is 13.8 Å². The van der Waals surface area contributed by atoms with Gasteiger partial charge in [-0.2, -0.15) is 0 Å². The lowest BCUT2D eigenvalue weighted by Gasteiger charge is -2.16. The first-order chi connectivity index (χ1) is 9.38. The molecule has 0 saturated carbocycles. The predicted octanol–water partition coefficient (Wildman–Crippen LogP) is 3.35. The van der Waals surface area contributed by atoms with Crippen LogP contribution in [0.1, 0.15) is 40.4 Å². The van der Waals surface area contributed by atoms with Crippen molar-refractivity contribution < 1.29 is 14.3 Å². The molecular weight excluding hydrogens is 256 g/mol. The predicted molar refractivity (Wildman–Crippen MR) is 78.0 cm³/mol. The molecule has 1 heterocycles. The van der Waals surface area contributed by atoms with Crippen molar-refractivity contribution in [3.05, 3.63) is 46.9 Å². The Kier molecular flexibility index (Phi) is 3.70. The first-order valence-electron chi connectivity index (χ1n) is 6.34. The van der Waals surface area contributed by atoms with E-state index in [0.717, 1.165) is 17.1 Å². The summed E-state index contributed by atoms with van der Waals surface area (Å²) in [4.78, 5) is 10.9. The maximum absolute atomic E-state index is 10.9. The molecule has 5 nitrogen and oxygen atoms in total. The summed E-state index contributed by atoms with van der Waals surface area (Å²) >= 11 is 0. The van der Waals surface area contributed by atoms with E-state index in [2.05, 4.69) is 5.32 Å². The number of nitrogens with one attached hydrogen (secondary N) is 1. The number of hydrogen-bond acceptors (Lipinski definition) is 4. The molecule has 0 bridgehead atoms. The Bertz CT molecular complexity index is 647. The lowest BCUT2D eigenvalue weighted by Crippen LogP contribution is -2.09. The molecule has 0 aliphatic rings. The van der Waals surface area contributed by atoms with Gasteiger partial charge >= 0.3 is 5.97 Å². The van der Waals surface area contributed by atoms with Crippen molar-refractivity contribution in [3.8, 4) is 0 Å². The van der Waals surface area contributed by atoms with Gasteiger partial charge in [0, 0.05) is 5.56 Å². The van der Waals surface area contributed by atoms with Gasteiger partial charge in [-0.1, -0.05) is 0 Å². The molecule has 4 N–H and O–H groups in total. The van der Waals surface area contributed by atoms with Crippen molar-refractivity contribution in [2.45, 2.75) is 26.8 Å². The summed E-state index contributed by atoms with van der Waals surface area (Å²) in [5, 5.41) is 12.2. The summed E-state index contributed by atoms with van der Waals surface area (Å²) < 4.78 is 5.51. The summed E-state index contributed by atoms with van der Waals surface area (Å²) in [6.07, 6.45) is 0. The fourth-order valence-electron chi connectivity index (χ4n) is 2.22. The molecule has 0 fully saturated rings. The van der Waals surface area contributed by atoms with Crippen LogP contribution < -0.4 is 11.1 Å². The number of nitrogen functional groups attached to an aromatic ring is 1. The largest absolute Gasteiger partial charge is 0.478 e. The Morgan fingerprint density at radius 3 is 2.55 bits per heavy atom. The summed E-state index contributed by atoms with van der Waals surface area (Å²) in [6, 6.07) is 6.66. The number of nitrogens with two attached hydrogens (primary N) is 1. The van der Waals surface area contributed by atoms with Crippen LogP contribution >= 0.6 is 0 Å². The van der Waals surface area contributed by atoms with E-state index in [9.17, 15) is 4.79 Å². The minimum atomic E-state index is -0.988. The molecule has 1 aromatic heterocycles. The maximum Gasteiger partial charge on any atom is 0.335 e. The fraction of sp³-hybridized carbons (Fsp3) is 0.267. The number of rotatable bonds is 4. The minimum Gasteiger partial charge on any atom is -0.478 e. The molecule has 0 aliphatic heterocycles. The molecule has 2 aromatic rings. The number of benzene rings is 1. The van der Waals surface area contributed by atoms with E-state index in [4.69, 9.17) is 15.3 Å². The molecule has 0 aliphatic carbocycles. The Labute approximate surface area is 117 Å². The summed E-state index contributed by atoms with van der Waals surface area (Å²) in [5.74, 6) is 0.737. The van der Waals surface area contributed by atoms with Crippen LogP contribution in [0.3, 0.4) is 0 Å². The SMILES string of the molecule is Cc1cc(C(C)Nc2ccc(C(=O)O)cc2N)c(C)o1. The Balaban J connectivity index is 2.22. The van der Waals surface area contributed by atoms with Gasteiger partial charge < -0.3 is 20.6 Å². The van der Waals surface area contributed by atoms with Crippen molar-refractivity contribution >= 4 is 17.3 Å². The third kappa shape index (κ3) is 2.77. The second-order valence-corrected chi connectivity index (χ2v) is 4.84. The standard InChI is InChI=1S/C15H18N2O3/c1-8-6-12(10(3)20-8)9(2)17-14-5-4-11(15(18)19)7-13(14)16/h4-7,9,17H,16H2,1-3H3,(H,18,19). The molecule has 0 radical (unpaired) electrons. The van der Waals surface area contributed by atoms with Gasteiger partial charge in [-0.05, 0) is 45.0 Å². The smallest absolute Gasteiger partial charge is 0.335 e. The van der Waals surface area contributed by atoms with Crippen molar-refractivity contribution in [2.24, 2.45) is 0 Å². The van der Waals surface area contributed by atoms with E-state index in [0.29, 0.717) is 11.4 Å². The van der Waals surface area contributed by atoms with E-state index in [1.54, 1.807) is 6.07 Å². The summed E-state index contributed by atoms with van der Waals surface area (Å²) in [5.41, 5.74) is 8.24. The van der Waals surface area contributed by atoms with Gasteiger partial charge in [0.15, 0.2) is 0 Å². The fourth-order valence-corrected chi connectivity index (χ4v) is 2.22. The molecule has 1 atom stereocenters. The second-order valence-electron chi connectivity index (χ2n) is 4.84. The number of carboxylic acids is 1. The average Bonchev–Trinajstić information content (AvgIpc) is 2.70. The van der Waals surface area contributed by atoms with Gasteiger partial charge in [0.05, 0.1) is 23.0 Å². The van der Waals surface area contributed by atoms with Crippen LogP contribution in [0.25, 0.3) is 0 Å². The molecule has 2 rings (SSSR count). The van der Waals surface area contributed by atoms with Gasteiger partial charge in [0.1, 0.15) is 11.5 Å². The molecule has 5 heteroatoms. The van der Waals surface area contributed by atoms with E-state index in [1.165, 1.54) is 12.1 Å². The van der Waals surface area contributed by atoms with Crippen LogP contribution in [0.2, 0.25) is 0 Å². The molecule has 0 saturated heterocycles. The molecule has 1 unspecified atom stereocenters. The van der Waals surface area contributed by atoms with Crippen LogP contribution in [-0.4, -0.2) is 11.1 Å². The topological polar surface area (TPSA) is 88.5 Å². The monoisotopic (exact) mass is 274 g/mol. The van der Waals surface area contributed by atoms with Crippen LogP contribution in [0.4, 0.5) is 11.4 Å². The zero-order chi connectivity index (χ0) is 14.9. The Morgan fingerprint density at radius 2 is 2.05 bits per heavy atom. The molecule has 20 heavy (non-hydrogen) atoms. The number of hydrogen-bond donors (Lipinski definition) is 3. The highest BCUT2D eigenvalue weighted by molar-refractivity contribution is 5.90. The van der Waals surface area contributed by atoms with E-state index in [-0.39, 0.29) is 11.6 Å². The molecule has 1 aromatic carbocycles. The van der Waals surface area contributed by atoms with Gasteiger partial charge in [-0.3, -0.25) is 0 Å². The number of aryl methyl sites for hydroxylation is 2. The van der Waals surface area contributed by atoms with Crippen LogP contribution in [-0.2, 0) is 0 Å². The Morgan fingerprint density at radius 1 is 1.35 bits per heavy atom. The highest BCUT2D eigenvalue weighted by Crippen LogP contribution is 2.28. The zero-order valence-electron chi connectivity index (χ0n) is 11.7. The first-order valence-corrected chi connectivity index (χ1v) is 6.34. The van der Waals surface area contributed by atoms with Crippen molar-refractivity contribution in [2.75, 3.05) is 11.1 Å². The Hall–Kier alpha value is -2.43. The highest BCUT2D eigenvalue weighted by atomic mass is 16.4. The van der Waals surface area contributed by atoms with Gasteiger partial charge in [-0.15, -0.1) is 0 Å². The number of carbonyl (C=O) groups is 1. The zero-order valence-corrected chi connectivity index (χ0v) is 11.7.